The number of carbonyl (C=O) groups excluding carboxylic acids is 1. The van der Waals surface area contributed by atoms with E-state index in [0.29, 0.717) is 10.2 Å². The Morgan fingerprint density at radius 1 is 1.07 bits per heavy atom. The fourth-order valence-corrected chi connectivity index (χ4v) is 4.45. The molecule has 1 saturated heterocycles. The van der Waals surface area contributed by atoms with E-state index in [2.05, 4.69) is 44.7 Å². The Hall–Kier alpha value is -2.42. The van der Waals surface area contributed by atoms with Gasteiger partial charge in [0, 0.05) is 37.7 Å². The van der Waals surface area contributed by atoms with Gasteiger partial charge in [0.2, 0.25) is 11.1 Å². The van der Waals surface area contributed by atoms with Crippen LogP contribution in [0.4, 0.5) is 0 Å². The van der Waals surface area contributed by atoms with E-state index in [1.807, 2.05) is 30.0 Å². The minimum absolute atomic E-state index is 0.116. The van der Waals surface area contributed by atoms with Gasteiger partial charge in [-0.1, -0.05) is 53.7 Å². The van der Waals surface area contributed by atoms with Crippen molar-refractivity contribution in [3.63, 3.8) is 0 Å². The van der Waals surface area contributed by atoms with Crippen LogP contribution in [0.1, 0.15) is 12.5 Å². The molecule has 2 heterocycles. The SMILES string of the molecule is CC(Sc1nnnn1-c1ccc(Cl)cc1)C(=O)N1CCN(Cc2ccccc2)CC1. The van der Waals surface area contributed by atoms with Gasteiger partial charge in [-0.05, 0) is 47.2 Å². The van der Waals surface area contributed by atoms with E-state index >= 15 is 0 Å². The van der Waals surface area contributed by atoms with Gasteiger partial charge in [-0.15, -0.1) is 5.10 Å². The lowest BCUT2D eigenvalue weighted by Gasteiger charge is -2.35. The van der Waals surface area contributed by atoms with E-state index in [-0.39, 0.29) is 11.2 Å². The van der Waals surface area contributed by atoms with Crippen molar-refractivity contribution in [2.45, 2.75) is 23.9 Å². The van der Waals surface area contributed by atoms with Gasteiger partial charge >= 0.3 is 0 Å². The number of halogens is 1. The van der Waals surface area contributed by atoms with Crippen LogP contribution in [0.3, 0.4) is 0 Å². The number of aromatic nitrogens is 4. The molecule has 0 saturated carbocycles. The van der Waals surface area contributed by atoms with Gasteiger partial charge < -0.3 is 4.90 Å². The first-order chi connectivity index (χ1) is 14.6. The Labute approximate surface area is 185 Å². The van der Waals surface area contributed by atoms with Crippen LogP contribution >= 0.6 is 23.4 Å². The molecule has 7 nitrogen and oxygen atoms in total. The van der Waals surface area contributed by atoms with Gasteiger partial charge in [-0.3, -0.25) is 9.69 Å². The highest BCUT2D eigenvalue weighted by Crippen LogP contribution is 2.25. The Kier molecular flexibility index (Phi) is 6.66. The summed E-state index contributed by atoms with van der Waals surface area (Å²) in [6.45, 7) is 6.05. The number of rotatable bonds is 6. The maximum atomic E-state index is 13.0. The van der Waals surface area contributed by atoms with E-state index in [1.165, 1.54) is 17.3 Å². The Morgan fingerprint density at radius 3 is 2.47 bits per heavy atom. The lowest BCUT2D eigenvalue weighted by atomic mass is 10.2. The van der Waals surface area contributed by atoms with Crippen molar-refractivity contribution in [2.24, 2.45) is 0 Å². The molecule has 1 aliphatic rings. The van der Waals surface area contributed by atoms with Crippen LogP contribution in [-0.2, 0) is 11.3 Å². The van der Waals surface area contributed by atoms with Crippen molar-refractivity contribution >= 4 is 29.3 Å². The lowest BCUT2D eigenvalue weighted by Crippen LogP contribution is -2.50. The Bertz CT molecular complexity index is 973. The Balaban J connectivity index is 1.33. The average molecular weight is 443 g/mol. The van der Waals surface area contributed by atoms with E-state index < -0.39 is 0 Å². The molecule has 0 bridgehead atoms. The predicted octanol–water partition coefficient (Wildman–Crippen LogP) is 3.14. The molecule has 3 aromatic rings. The standard InChI is InChI=1S/C21H23ClN6OS/c1-16(30-21-23-24-25-28(21)19-9-7-18(22)8-10-19)20(29)27-13-11-26(12-14-27)15-17-5-3-2-4-6-17/h2-10,16H,11-15H2,1H3. The van der Waals surface area contributed by atoms with Gasteiger partial charge in [-0.2, -0.15) is 4.68 Å². The van der Waals surface area contributed by atoms with E-state index in [0.717, 1.165) is 38.4 Å². The highest BCUT2D eigenvalue weighted by molar-refractivity contribution is 8.00. The first-order valence-corrected chi connectivity index (χ1v) is 11.1. The highest BCUT2D eigenvalue weighted by atomic mass is 35.5. The fraction of sp³-hybridized carbons (Fsp3) is 0.333. The third-order valence-corrected chi connectivity index (χ3v) is 6.35. The average Bonchev–Trinajstić information content (AvgIpc) is 3.23. The largest absolute Gasteiger partial charge is 0.339 e. The number of hydrogen-bond donors (Lipinski definition) is 0. The molecule has 0 N–H and O–H groups in total. The van der Waals surface area contributed by atoms with Crippen LogP contribution in [0.15, 0.2) is 59.8 Å². The van der Waals surface area contributed by atoms with Crippen LogP contribution in [-0.4, -0.2) is 67.3 Å². The molecule has 2 aromatic carbocycles. The number of amides is 1. The van der Waals surface area contributed by atoms with Crippen molar-refractivity contribution in [3.05, 3.63) is 65.2 Å². The van der Waals surface area contributed by atoms with Crippen molar-refractivity contribution in [1.29, 1.82) is 0 Å². The summed E-state index contributed by atoms with van der Waals surface area (Å²) in [5.41, 5.74) is 2.11. The zero-order chi connectivity index (χ0) is 20.9. The van der Waals surface area contributed by atoms with Gasteiger partial charge in [0.15, 0.2) is 0 Å². The summed E-state index contributed by atoms with van der Waals surface area (Å²) in [6.07, 6.45) is 0. The molecule has 0 radical (unpaired) electrons. The maximum Gasteiger partial charge on any atom is 0.235 e. The molecule has 0 aliphatic carbocycles. The van der Waals surface area contributed by atoms with Gasteiger partial charge in [0.25, 0.3) is 0 Å². The molecular formula is C21H23ClN6OS. The number of benzene rings is 2. The normalized spacial score (nSPS) is 15.9. The van der Waals surface area contributed by atoms with Crippen molar-refractivity contribution < 1.29 is 4.79 Å². The zero-order valence-electron chi connectivity index (χ0n) is 16.7. The summed E-state index contributed by atoms with van der Waals surface area (Å²) in [6, 6.07) is 17.7. The summed E-state index contributed by atoms with van der Waals surface area (Å²) in [5.74, 6) is 0.116. The van der Waals surface area contributed by atoms with Crippen LogP contribution < -0.4 is 0 Å². The van der Waals surface area contributed by atoms with Gasteiger partial charge in [0.05, 0.1) is 10.9 Å². The quantitative estimate of drug-likeness (QED) is 0.546. The highest BCUT2D eigenvalue weighted by Gasteiger charge is 2.27. The third-order valence-electron chi connectivity index (χ3n) is 5.08. The first-order valence-electron chi connectivity index (χ1n) is 9.86. The summed E-state index contributed by atoms with van der Waals surface area (Å²) in [7, 11) is 0. The summed E-state index contributed by atoms with van der Waals surface area (Å²) in [5, 5.41) is 12.9. The number of thioether (sulfide) groups is 1. The first kappa shape index (κ1) is 20.8. The van der Waals surface area contributed by atoms with Crippen LogP contribution in [0.2, 0.25) is 5.02 Å². The Morgan fingerprint density at radius 2 is 1.77 bits per heavy atom. The topological polar surface area (TPSA) is 67.2 Å². The molecule has 4 rings (SSSR count). The van der Waals surface area contributed by atoms with Crippen molar-refractivity contribution in [2.75, 3.05) is 26.2 Å². The smallest absolute Gasteiger partial charge is 0.235 e. The molecule has 1 atom stereocenters. The predicted molar refractivity (Wildman–Crippen MR) is 118 cm³/mol. The number of carbonyl (C=O) groups is 1. The molecule has 1 amide bonds. The number of nitrogens with zero attached hydrogens (tertiary/aromatic N) is 6. The number of hydrogen-bond acceptors (Lipinski definition) is 6. The summed E-state index contributed by atoms with van der Waals surface area (Å²) < 4.78 is 1.63. The molecular weight excluding hydrogens is 420 g/mol. The minimum atomic E-state index is -0.275. The van der Waals surface area contributed by atoms with Crippen LogP contribution in [0.5, 0.6) is 0 Å². The summed E-state index contributed by atoms with van der Waals surface area (Å²) in [4.78, 5) is 17.3. The zero-order valence-corrected chi connectivity index (χ0v) is 18.3. The van der Waals surface area contributed by atoms with E-state index in [4.69, 9.17) is 11.6 Å². The van der Waals surface area contributed by atoms with Crippen LogP contribution in [0, 0.1) is 0 Å². The second kappa shape index (κ2) is 9.59. The molecule has 1 fully saturated rings. The third kappa shape index (κ3) is 5.00. The molecule has 0 spiro atoms. The van der Waals surface area contributed by atoms with E-state index in [1.54, 1.807) is 16.8 Å². The van der Waals surface area contributed by atoms with Gasteiger partial charge in [0.1, 0.15) is 0 Å². The minimum Gasteiger partial charge on any atom is -0.339 e. The second-order valence-electron chi connectivity index (χ2n) is 7.20. The lowest BCUT2D eigenvalue weighted by molar-refractivity contribution is -0.132. The maximum absolute atomic E-state index is 13.0. The molecule has 156 valence electrons. The second-order valence-corrected chi connectivity index (χ2v) is 8.94. The van der Waals surface area contributed by atoms with E-state index in [9.17, 15) is 4.79 Å². The summed E-state index contributed by atoms with van der Waals surface area (Å²) >= 11 is 7.33. The van der Waals surface area contributed by atoms with Gasteiger partial charge in [-0.25, -0.2) is 0 Å². The monoisotopic (exact) mass is 442 g/mol. The van der Waals surface area contributed by atoms with Crippen molar-refractivity contribution in [3.8, 4) is 5.69 Å². The molecule has 1 aliphatic heterocycles. The van der Waals surface area contributed by atoms with Crippen molar-refractivity contribution in [1.82, 2.24) is 30.0 Å². The van der Waals surface area contributed by atoms with Crippen LogP contribution in [0.25, 0.3) is 5.69 Å². The molecule has 1 aromatic heterocycles. The molecule has 30 heavy (non-hydrogen) atoms. The molecule has 9 heteroatoms. The molecule has 1 unspecified atom stereocenters. The number of tetrazole rings is 1. The fourth-order valence-electron chi connectivity index (χ4n) is 3.43. The number of piperazine rings is 1.